The van der Waals surface area contributed by atoms with E-state index in [0.717, 1.165) is 30.6 Å². The Bertz CT molecular complexity index is 820. The molecule has 0 fully saturated rings. The summed E-state index contributed by atoms with van der Waals surface area (Å²) in [5.74, 6) is -0.257. The summed E-state index contributed by atoms with van der Waals surface area (Å²) in [5.41, 5.74) is 4.25. The normalized spacial score (nSPS) is 14.1. The van der Waals surface area contributed by atoms with E-state index in [9.17, 15) is 4.39 Å². The summed E-state index contributed by atoms with van der Waals surface area (Å²) >= 11 is 5.76. The van der Waals surface area contributed by atoms with Crippen LogP contribution < -0.4 is 0 Å². The van der Waals surface area contributed by atoms with Gasteiger partial charge in [-0.1, -0.05) is 56.8 Å². The summed E-state index contributed by atoms with van der Waals surface area (Å²) in [6.07, 6.45) is 2.06. The van der Waals surface area contributed by atoms with Crippen molar-refractivity contribution in [3.63, 3.8) is 0 Å². The number of likely N-dealkylation sites (N-methyl/N-ethyl adjacent to an activating group) is 1. The molecule has 0 saturated carbocycles. The fourth-order valence-electron chi connectivity index (χ4n) is 2.62. The zero-order valence-corrected chi connectivity index (χ0v) is 18.2. The first kappa shape index (κ1) is 19.9. The van der Waals surface area contributed by atoms with Crippen LogP contribution in [0.5, 0.6) is 0 Å². The molecule has 0 unspecified atom stereocenters. The topological polar surface area (TPSA) is 3.24 Å². The van der Waals surface area contributed by atoms with Crippen molar-refractivity contribution >= 4 is 49.8 Å². The minimum absolute atomic E-state index is 0.257. The van der Waals surface area contributed by atoms with E-state index in [0.29, 0.717) is 5.56 Å². The molecule has 3 rings (SSSR count). The van der Waals surface area contributed by atoms with Crippen LogP contribution in [0.1, 0.15) is 25.0 Å². The highest BCUT2D eigenvalue weighted by Crippen LogP contribution is 2.42. The lowest BCUT2D eigenvalue weighted by Gasteiger charge is -2.32. The third kappa shape index (κ3) is 4.06. The molecule has 0 bridgehead atoms. The monoisotopic (exact) mass is 511 g/mol. The summed E-state index contributed by atoms with van der Waals surface area (Å²) in [5, 5.41) is 0. The van der Waals surface area contributed by atoms with E-state index in [1.807, 2.05) is 62.2 Å². The van der Waals surface area contributed by atoms with Gasteiger partial charge in [0.15, 0.2) is 0 Å². The average molecular weight is 512 g/mol. The largest absolute Gasteiger partial charge is 0.343 e. The maximum Gasteiger partial charge on any atom is 0.133 e. The molecule has 0 atom stereocenters. The summed E-state index contributed by atoms with van der Waals surface area (Å²) in [4.78, 5) is 1.95. The van der Waals surface area contributed by atoms with Gasteiger partial charge in [-0.2, -0.15) is 0 Å². The maximum atomic E-state index is 14.6. The molecule has 1 nitrogen and oxygen atoms in total. The second-order valence-corrected chi connectivity index (χ2v) is 7.24. The molecule has 0 saturated heterocycles. The van der Waals surface area contributed by atoms with Gasteiger partial charge < -0.3 is 4.90 Å². The van der Waals surface area contributed by atoms with Crippen LogP contribution in [-0.4, -0.2) is 11.9 Å². The number of hydrogen-bond donors (Lipinski definition) is 0. The lowest BCUT2D eigenvalue weighted by molar-refractivity contribution is 0.586. The van der Waals surface area contributed by atoms with E-state index in [2.05, 4.69) is 51.2 Å². The van der Waals surface area contributed by atoms with Gasteiger partial charge in [0.25, 0.3) is 0 Å². The van der Waals surface area contributed by atoms with Gasteiger partial charge in [-0.15, -0.1) is 0 Å². The molecule has 1 heterocycles. The fourth-order valence-corrected chi connectivity index (χ4v) is 3.82. The van der Waals surface area contributed by atoms with Gasteiger partial charge in [-0.05, 0) is 62.3 Å². The van der Waals surface area contributed by atoms with Crippen molar-refractivity contribution < 1.29 is 4.39 Å². The van der Waals surface area contributed by atoms with Gasteiger partial charge in [0.1, 0.15) is 5.82 Å². The quantitative estimate of drug-likeness (QED) is 0.383. The first-order chi connectivity index (χ1) is 12.0. The molecule has 2 aromatic carbocycles. The van der Waals surface area contributed by atoms with E-state index in [1.54, 1.807) is 6.07 Å². The van der Waals surface area contributed by atoms with Crippen molar-refractivity contribution in [3.05, 3.63) is 91.9 Å². The van der Waals surface area contributed by atoms with Crippen molar-refractivity contribution in [1.82, 2.24) is 4.90 Å². The Morgan fingerprint density at radius 3 is 2.28 bits per heavy atom. The first-order valence-electron chi connectivity index (χ1n) is 8.05. The van der Waals surface area contributed by atoms with E-state index in [1.165, 1.54) is 6.07 Å². The molecule has 0 aliphatic carbocycles. The minimum Gasteiger partial charge on any atom is -0.343 e. The Morgan fingerprint density at radius 1 is 1.04 bits per heavy atom. The molecule has 2 aromatic rings. The molecule has 0 N–H and O–H groups in total. The number of allylic oxidation sites excluding steroid dienone is 3. The van der Waals surface area contributed by atoms with Crippen molar-refractivity contribution in [3.8, 4) is 0 Å². The van der Waals surface area contributed by atoms with Gasteiger partial charge >= 0.3 is 0 Å². The van der Waals surface area contributed by atoms with Crippen LogP contribution in [0, 0.1) is 5.82 Å². The Morgan fingerprint density at radius 2 is 1.68 bits per heavy atom. The molecule has 25 heavy (non-hydrogen) atoms. The van der Waals surface area contributed by atoms with Gasteiger partial charge in [-0.25, -0.2) is 4.39 Å². The van der Waals surface area contributed by atoms with Crippen LogP contribution >= 0.6 is 38.5 Å². The van der Waals surface area contributed by atoms with Crippen LogP contribution in [0.3, 0.4) is 0 Å². The van der Waals surface area contributed by atoms with Gasteiger partial charge in [0, 0.05) is 31.9 Å². The molecule has 0 spiro atoms. The van der Waals surface area contributed by atoms with Gasteiger partial charge in [-0.3, -0.25) is 0 Å². The van der Waals surface area contributed by atoms with Crippen LogP contribution in [-0.2, 0) is 0 Å². The number of hydrogen-bond acceptors (Lipinski definition) is 1. The van der Waals surface area contributed by atoms with E-state index >= 15 is 0 Å². The molecule has 4 heteroatoms. The lowest BCUT2D eigenvalue weighted by atomic mass is 9.95. The van der Waals surface area contributed by atoms with Gasteiger partial charge in [0.05, 0.1) is 5.70 Å². The molecule has 130 valence electrons. The Labute approximate surface area is 171 Å². The lowest BCUT2D eigenvalue weighted by Crippen LogP contribution is -2.21. The minimum atomic E-state index is -0.257. The molecule has 1 aliphatic heterocycles. The number of rotatable bonds is 2. The highest BCUT2D eigenvalue weighted by Gasteiger charge is 2.26. The second kappa shape index (κ2) is 8.81. The van der Waals surface area contributed by atoms with E-state index in [4.69, 9.17) is 0 Å². The molecule has 0 aromatic heterocycles. The van der Waals surface area contributed by atoms with Crippen molar-refractivity contribution in [2.24, 2.45) is 0 Å². The highest BCUT2D eigenvalue weighted by molar-refractivity contribution is 14.1. The maximum absolute atomic E-state index is 14.6. The van der Waals surface area contributed by atoms with Crippen molar-refractivity contribution in [2.45, 2.75) is 13.8 Å². The number of nitrogens with zero attached hydrogens (tertiary/aromatic N) is 1. The Kier molecular flexibility index (Phi) is 7.02. The first-order valence-corrected chi connectivity index (χ1v) is 9.92. The van der Waals surface area contributed by atoms with Crippen LogP contribution in [0.4, 0.5) is 4.39 Å². The third-order valence-corrected chi connectivity index (χ3v) is 5.42. The standard InChI is InChI=1S/C19H14BrFIN.C2H6/c1-12-17(22)11-14(13-7-4-3-5-8-13)19(23(12)2)18-15(20)9-6-10-16(18)21;1-2/h3-11H,1H2,2H3;1-2H3. The second-order valence-electron chi connectivity index (χ2n) is 5.22. The SMILES string of the molecule is C=C1C(I)=CC(c2ccccc2)=C(c2c(F)cccc2Br)N1C.CC. The average Bonchev–Trinajstić information content (AvgIpc) is 2.63. The van der Waals surface area contributed by atoms with Crippen LogP contribution in [0.25, 0.3) is 11.3 Å². The zero-order chi connectivity index (χ0) is 18.6. The van der Waals surface area contributed by atoms with E-state index in [-0.39, 0.29) is 5.82 Å². The summed E-state index contributed by atoms with van der Waals surface area (Å²) in [6, 6.07) is 15.1. The highest BCUT2D eigenvalue weighted by atomic mass is 127. The van der Waals surface area contributed by atoms with Crippen LogP contribution in [0.2, 0.25) is 0 Å². The molecule has 0 radical (unpaired) electrons. The predicted molar refractivity (Wildman–Crippen MR) is 118 cm³/mol. The zero-order valence-electron chi connectivity index (χ0n) is 14.5. The third-order valence-electron chi connectivity index (χ3n) is 3.83. The molecular formula is C21H20BrFIN. The molecule has 0 amide bonds. The summed E-state index contributed by atoms with van der Waals surface area (Å²) in [6.45, 7) is 8.12. The number of benzene rings is 2. The fraction of sp³-hybridized carbons (Fsp3) is 0.143. The summed E-state index contributed by atoms with van der Waals surface area (Å²) in [7, 11) is 1.92. The number of halogens is 3. The smallest absolute Gasteiger partial charge is 0.133 e. The van der Waals surface area contributed by atoms with Gasteiger partial charge in [0.2, 0.25) is 0 Å². The van der Waals surface area contributed by atoms with Crippen molar-refractivity contribution in [2.75, 3.05) is 7.05 Å². The Hall–Kier alpha value is -1.40. The molecule has 1 aliphatic rings. The predicted octanol–water partition coefficient (Wildman–Crippen LogP) is 7.26. The summed E-state index contributed by atoms with van der Waals surface area (Å²) < 4.78 is 16.3. The van der Waals surface area contributed by atoms with Crippen LogP contribution in [0.15, 0.2) is 74.9 Å². The molecular weight excluding hydrogens is 492 g/mol. The van der Waals surface area contributed by atoms with Crippen molar-refractivity contribution in [1.29, 1.82) is 0 Å². The Balaban J connectivity index is 0.00000109. The van der Waals surface area contributed by atoms with E-state index < -0.39 is 0 Å².